The lowest BCUT2D eigenvalue weighted by atomic mass is 9.75. The standard InChI is InChI=1S/C45H48F3N7O4/c1-25(2)40(54-44(58)59-3)43(57)55-18-4-5-36(55)41-51-24-35(53-41)30-13-11-28(12-14-30)27-7-9-29(10-8-27)33-20-34(49-23-33)38-31-15-16-32(19-31)39(38)42(56)52-22-26-6-17-37(50-21-26)45(46,47)48/h6-14,17,21,23-25,31-32,36,38-40H,4-5,15-16,18-20,22H2,1-3H3,(H,51,53)(H,52,56)(H,54,58)/t31?,32?,36-,38-,39+,40-/m0/s1. The zero-order valence-electron chi connectivity index (χ0n) is 33.3. The SMILES string of the molecule is COC(=O)N[C@H](C(=O)N1CCC[C@H]1c1ncc(-c2ccc(-c3ccc(C4=CN=C([C@@H]5C6CCC(C6)[C@H]5C(=O)NCc5ccc(C(F)(F)F)nc5)C4)cc3)cc2)[nH]1)C(C)C. The van der Waals surface area contributed by atoms with E-state index in [1.54, 1.807) is 11.1 Å². The van der Waals surface area contributed by atoms with Crippen molar-refractivity contribution in [1.82, 2.24) is 30.5 Å². The Hall–Kier alpha value is -5.79. The van der Waals surface area contributed by atoms with Gasteiger partial charge < -0.3 is 25.3 Å². The first-order chi connectivity index (χ1) is 28.4. The number of allylic oxidation sites excluding steroid dienone is 1. The Morgan fingerprint density at radius 2 is 1.59 bits per heavy atom. The quantitative estimate of drug-likeness (QED) is 0.139. The second-order valence-corrected chi connectivity index (χ2v) is 16.5. The number of nitrogens with zero attached hydrogens (tertiary/aromatic N) is 4. The molecule has 2 aliphatic carbocycles. The van der Waals surface area contributed by atoms with E-state index in [9.17, 15) is 27.6 Å². The molecule has 3 N–H and O–H groups in total. The monoisotopic (exact) mass is 807 g/mol. The van der Waals surface area contributed by atoms with E-state index in [0.717, 1.165) is 77.4 Å². The molecular weight excluding hydrogens is 760 g/mol. The summed E-state index contributed by atoms with van der Waals surface area (Å²) in [5, 5.41) is 5.67. The number of nitrogens with one attached hydrogen (secondary N) is 3. The van der Waals surface area contributed by atoms with Crippen LogP contribution in [0.5, 0.6) is 0 Å². The maximum absolute atomic E-state index is 13.6. The highest BCUT2D eigenvalue weighted by Gasteiger charge is 2.52. The van der Waals surface area contributed by atoms with Crippen LogP contribution >= 0.6 is 0 Å². The van der Waals surface area contributed by atoms with Gasteiger partial charge in [-0.3, -0.25) is 19.6 Å². The highest BCUT2D eigenvalue weighted by atomic mass is 19.4. The average Bonchev–Trinajstić information content (AvgIpc) is 4.10. The molecule has 2 saturated carbocycles. The number of H-pyrrole nitrogens is 1. The van der Waals surface area contributed by atoms with Gasteiger partial charge in [-0.2, -0.15) is 13.2 Å². The van der Waals surface area contributed by atoms with E-state index in [1.165, 1.54) is 19.4 Å². The van der Waals surface area contributed by atoms with Crippen LogP contribution in [0.2, 0.25) is 0 Å². The van der Waals surface area contributed by atoms with E-state index in [-0.39, 0.29) is 48.1 Å². The van der Waals surface area contributed by atoms with Gasteiger partial charge >= 0.3 is 12.3 Å². The second-order valence-electron chi connectivity index (χ2n) is 16.5. The molecule has 14 heteroatoms. The molecule has 4 aliphatic rings. The molecule has 4 aromatic rings. The van der Waals surface area contributed by atoms with E-state index in [1.807, 2.05) is 20.0 Å². The van der Waals surface area contributed by atoms with Crippen molar-refractivity contribution in [3.8, 4) is 22.4 Å². The lowest BCUT2D eigenvalue weighted by molar-refractivity contribution is -0.141. The number of methoxy groups -OCH3 is 1. The average molecular weight is 808 g/mol. The number of benzene rings is 2. The third-order valence-electron chi connectivity index (χ3n) is 12.6. The van der Waals surface area contributed by atoms with Gasteiger partial charge in [0.1, 0.15) is 17.6 Å². The minimum absolute atomic E-state index is 0.0455. The number of pyridine rings is 1. The molecule has 59 heavy (non-hydrogen) atoms. The lowest BCUT2D eigenvalue weighted by Crippen LogP contribution is -2.51. The van der Waals surface area contributed by atoms with E-state index in [0.29, 0.717) is 30.3 Å². The fraction of sp³-hybridized carbons (Fsp3) is 0.422. The summed E-state index contributed by atoms with van der Waals surface area (Å²) in [4.78, 5) is 57.4. The minimum Gasteiger partial charge on any atom is -0.453 e. The molecule has 2 aliphatic heterocycles. The predicted octanol–water partition coefficient (Wildman–Crippen LogP) is 8.37. The predicted molar refractivity (Wildman–Crippen MR) is 216 cm³/mol. The van der Waals surface area contributed by atoms with Gasteiger partial charge in [0.15, 0.2) is 0 Å². The number of hydrogen-bond donors (Lipinski definition) is 3. The Bertz CT molecular complexity index is 2250. The van der Waals surface area contributed by atoms with Crippen molar-refractivity contribution in [2.24, 2.45) is 34.6 Å². The summed E-state index contributed by atoms with van der Waals surface area (Å²) in [5.41, 5.74) is 6.74. The molecule has 0 radical (unpaired) electrons. The van der Waals surface area contributed by atoms with Crippen molar-refractivity contribution in [3.63, 3.8) is 0 Å². The van der Waals surface area contributed by atoms with Gasteiger partial charge in [0, 0.05) is 49.5 Å². The van der Waals surface area contributed by atoms with Crippen molar-refractivity contribution in [2.75, 3.05) is 13.7 Å². The van der Waals surface area contributed by atoms with Crippen LogP contribution in [-0.2, 0) is 27.0 Å². The number of aromatic amines is 1. The molecule has 2 unspecified atom stereocenters. The van der Waals surface area contributed by atoms with E-state index >= 15 is 0 Å². The number of imidazole rings is 1. The normalized spacial score (nSPS) is 23.0. The zero-order chi connectivity index (χ0) is 41.4. The number of amides is 3. The summed E-state index contributed by atoms with van der Waals surface area (Å²) < 4.78 is 43.6. The highest BCUT2D eigenvalue weighted by Crippen LogP contribution is 2.54. The lowest BCUT2D eigenvalue weighted by Gasteiger charge is -2.30. The summed E-state index contributed by atoms with van der Waals surface area (Å²) in [6, 6.07) is 18.1. The van der Waals surface area contributed by atoms with Gasteiger partial charge in [0.05, 0.1) is 25.0 Å². The van der Waals surface area contributed by atoms with Crippen LogP contribution < -0.4 is 10.6 Å². The fourth-order valence-corrected chi connectivity index (χ4v) is 9.54. The summed E-state index contributed by atoms with van der Waals surface area (Å²) in [5.74, 6) is 0.898. The van der Waals surface area contributed by atoms with Crippen LogP contribution in [0.1, 0.15) is 81.1 Å². The van der Waals surface area contributed by atoms with E-state index in [4.69, 9.17) is 9.73 Å². The third-order valence-corrected chi connectivity index (χ3v) is 12.6. The number of alkyl halides is 3. The number of carbonyl (C=O) groups is 3. The van der Waals surface area contributed by atoms with Crippen LogP contribution in [0.15, 0.2) is 84.2 Å². The van der Waals surface area contributed by atoms with Crippen LogP contribution in [0.25, 0.3) is 28.0 Å². The van der Waals surface area contributed by atoms with Gasteiger partial charge in [-0.25, -0.2) is 9.78 Å². The summed E-state index contributed by atoms with van der Waals surface area (Å²) in [7, 11) is 1.28. The number of hydrogen-bond acceptors (Lipinski definition) is 7. The van der Waals surface area contributed by atoms with Crippen LogP contribution in [0.4, 0.5) is 18.0 Å². The van der Waals surface area contributed by atoms with Crippen molar-refractivity contribution in [3.05, 3.63) is 102 Å². The Morgan fingerprint density at radius 3 is 2.25 bits per heavy atom. The Balaban J connectivity index is 0.876. The number of rotatable bonds is 11. The molecule has 2 bridgehead atoms. The maximum atomic E-state index is 13.6. The Morgan fingerprint density at radius 1 is 0.898 bits per heavy atom. The first-order valence-corrected chi connectivity index (χ1v) is 20.3. The molecule has 2 aromatic heterocycles. The molecular formula is C45H48F3N7O4. The molecule has 4 heterocycles. The zero-order valence-corrected chi connectivity index (χ0v) is 33.3. The van der Waals surface area contributed by atoms with Crippen LogP contribution in [-0.4, -0.2) is 63.2 Å². The molecule has 308 valence electrons. The third kappa shape index (κ3) is 8.26. The van der Waals surface area contributed by atoms with Gasteiger partial charge in [0.2, 0.25) is 11.8 Å². The first kappa shape index (κ1) is 40.0. The first-order valence-electron chi connectivity index (χ1n) is 20.3. The maximum Gasteiger partial charge on any atom is 0.433 e. The second kappa shape index (κ2) is 16.5. The molecule has 0 spiro atoms. The van der Waals surface area contributed by atoms with Gasteiger partial charge in [-0.15, -0.1) is 0 Å². The molecule has 2 aromatic carbocycles. The van der Waals surface area contributed by atoms with Crippen LogP contribution in [0.3, 0.4) is 0 Å². The number of aromatic nitrogens is 3. The minimum atomic E-state index is -4.51. The molecule has 3 fully saturated rings. The topological polar surface area (TPSA) is 142 Å². The molecule has 6 atom stereocenters. The van der Waals surface area contributed by atoms with Crippen molar-refractivity contribution >= 4 is 29.2 Å². The van der Waals surface area contributed by atoms with Gasteiger partial charge in [0.25, 0.3) is 0 Å². The molecule has 1 saturated heterocycles. The number of alkyl carbamates (subject to hydrolysis) is 1. The Kier molecular flexibility index (Phi) is 11.2. The number of likely N-dealkylation sites (tertiary alicyclic amines) is 1. The summed E-state index contributed by atoms with van der Waals surface area (Å²) in [6.45, 7) is 4.50. The molecule has 11 nitrogen and oxygen atoms in total. The van der Waals surface area contributed by atoms with Crippen molar-refractivity contribution in [2.45, 2.75) is 77.2 Å². The molecule has 8 rings (SSSR count). The number of carbonyl (C=O) groups excluding carboxylic acids is 3. The number of aliphatic imine (C=N–C) groups is 1. The molecule has 3 amide bonds. The van der Waals surface area contributed by atoms with Crippen LogP contribution in [0, 0.1) is 29.6 Å². The van der Waals surface area contributed by atoms with Crippen molar-refractivity contribution in [1.29, 1.82) is 0 Å². The number of ether oxygens (including phenoxy) is 1. The fourth-order valence-electron chi connectivity index (χ4n) is 9.54. The van der Waals surface area contributed by atoms with E-state index in [2.05, 4.69) is 74.1 Å². The number of fused-ring (bicyclic) bond motifs is 2. The highest BCUT2D eigenvalue weighted by molar-refractivity contribution is 6.02. The van der Waals surface area contributed by atoms with E-state index < -0.39 is 24.0 Å². The number of halogens is 3. The smallest absolute Gasteiger partial charge is 0.433 e. The summed E-state index contributed by atoms with van der Waals surface area (Å²) in [6.07, 6.45) is 5.11. The Labute approximate surface area is 341 Å². The van der Waals surface area contributed by atoms with Gasteiger partial charge in [-0.05, 0) is 89.3 Å². The summed E-state index contributed by atoms with van der Waals surface area (Å²) >= 11 is 0. The largest absolute Gasteiger partial charge is 0.453 e. The van der Waals surface area contributed by atoms with Crippen molar-refractivity contribution < 1.29 is 32.3 Å². The van der Waals surface area contributed by atoms with Gasteiger partial charge in [-0.1, -0.05) is 68.4 Å².